The maximum absolute atomic E-state index is 12.9. The number of nitrogens with two attached hydrogens (primary N) is 1. The van der Waals surface area contributed by atoms with Crippen LogP contribution in [-0.4, -0.2) is 8.42 Å². The van der Waals surface area contributed by atoms with E-state index in [1.807, 2.05) is 0 Å². The first-order valence-electron chi connectivity index (χ1n) is 5.11. The van der Waals surface area contributed by atoms with Gasteiger partial charge >= 0.3 is 0 Å². The van der Waals surface area contributed by atoms with E-state index in [1.54, 1.807) is 0 Å². The van der Waals surface area contributed by atoms with Crippen LogP contribution in [0.5, 0.6) is 11.5 Å². The molecule has 0 aliphatic carbocycles. The topological polar surface area (TPSA) is 69.4 Å². The number of hydrogen-bond donors (Lipinski definition) is 1. The van der Waals surface area contributed by atoms with E-state index in [0.29, 0.717) is 0 Å². The van der Waals surface area contributed by atoms with Crippen molar-refractivity contribution in [3.63, 3.8) is 0 Å². The lowest BCUT2D eigenvalue weighted by atomic mass is 10.3. The average molecular weight is 285 g/mol. The third-order valence-electron chi connectivity index (χ3n) is 2.22. The molecular weight excluding hydrogens is 276 g/mol. The third-order valence-corrected chi connectivity index (χ3v) is 3.15. The molecule has 100 valence electrons. The van der Waals surface area contributed by atoms with E-state index in [4.69, 9.17) is 9.88 Å². The highest BCUT2D eigenvalue weighted by molar-refractivity contribution is 7.89. The van der Waals surface area contributed by atoms with Gasteiger partial charge in [0.15, 0.2) is 0 Å². The Labute approximate surface area is 108 Å². The second-order valence-corrected chi connectivity index (χ2v) is 5.29. The Morgan fingerprint density at radius 2 is 1.42 bits per heavy atom. The zero-order valence-electron chi connectivity index (χ0n) is 9.51. The Bertz CT molecular complexity index is 679. The zero-order valence-corrected chi connectivity index (χ0v) is 10.3. The van der Waals surface area contributed by atoms with Crippen molar-refractivity contribution in [2.24, 2.45) is 5.14 Å². The molecule has 0 aliphatic heterocycles. The normalized spacial score (nSPS) is 11.3. The molecule has 0 amide bonds. The maximum atomic E-state index is 12.9. The summed E-state index contributed by atoms with van der Waals surface area (Å²) in [5.41, 5.74) is 0. The molecule has 0 bridgehead atoms. The van der Waals surface area contributed by atoms with Gasteiger partial charge in [-0.25, -0.2) is 22.3 Å². The van der Waals surface area contributed by atoms with Crippen LogP contribution in [-0.2, 0) is 10.0 Å². The highest BCUT2D eigenvalue weighted by Crippen LogP contribution is 2.24. The van der Waals surface area contributed by atoms with E-state index in [1.165, 1.54) is 24.3 Å². The summed E-state index contributed by atoms with van der Waals surface area (Å²) in [5.74, 6) is -1.33. The largest absolute Gasteiger partial charge is 0.457 e. The molecule has 0 fully saturated rings. The Kier molecular flexibility index (Phi) is 3.50. The summed E-state index contributed by atoms with van der Waals surface area (Å²) in [4.78, 5) is -0.0785. The third kappa shape index (κ3) is 3.49. The van der Waals surface area contributed by atoms with Crippen molar-refractivity contribution in [1.82, 2.24) is 0 Å². The predicted molar refractivity (Wildman–Crippen MR) is 64.2 cm³/mol. The molecular formula is C12H9F2NO3S. The highest BCUT2D eigenvalue weighted by Gasteiger charge is 2.08. The second-order valence-electron chi connectivity index (χ2n) is 3.72. The first-order valence-corrected chi connectivity index (χ1v) is 6.66. The first-order chi connectivity index (χ1) is 8.84. The molecule has 0 heterocycles. The highest BCUT2D eigenvalue weighted by atomic mass is 32.2. The second kappa shape index (κ2) is 4.94. The van der Waals surface area contributed by atoms with Crippen molar-refractivity contribution < 1.29 is 21.9 Å². The average Bonchev–Trinajstić information content (AvgIpc) is 2.26. The molecule has 19 heavy (non-hydrogen) atoms. The van der Waals surface area contributed by atoms with Crippen LogP contribution in [0.15, 0.2) is 47.4 Å². The summed E-state index contributed by atoms with van der Waals surface area (Å²) in [6.07, 6.45) is 0. The molecule has 4 nitrogen and oxygen atoms in total. The first kappa shape index (κ1) is 13.4. The molecule has 0 spiro atoms. The van der Waals surface area contributed by atoms with Crippen molar-refractivity contribution >= 4 is 10.0 Å². The summed E-state index contributed by atoms with van der Waals surface area (Å²) in [6.45, 7) is 0. The lowest BCUT2D eigenvalue weighted by molar-refractivity contribution is 0.468. The molecule has 2 aromatic rings. The van der Waals surface area contributed by atoms with Gasteiger partial charge in [0.05, 0.1) is 4.90 Å². The number of benzene rings is 2. The Hall–Kier alpha value is -1.99. The summed E-state index contributed by atoms with van der Waals surface area (Å²) < 4.78 is 53.1. The molecule has 0 aliphatic rings. The van der Waals surface area contributed by atoms with Gasteiger partial charge in [0.1, 0.15) is 23.1 Å². The fourth-order valence-corrected chi connectivity index (χ4v) is 1.94. The van der Waals surface area contributed by atoms with Crippen molar-refractivity contribution in [3.05, 3.63) is 54.1 Å². The molecule has 0 saturated heterocycles. The lowest BCUT2D eigenvalue weighted by Crippen LogP contribution is -2.11. The molecule has 0 aromatic heterocycles. The molecule has 0 atom stereocenters. The molecule has 7 heteroatoms. The summed E-state index contributed by atoms with van der Waals surface area (Å²) in [5, 5.41) is 4.93. The zero-order chi connectivity index (χ0) is 14.0. The van der Waals surface area contributed by atoms with Gasteiger partial charge in [0.25, 0.3) is 0 Å². The Morgan fingerprint density at radius 1 is 0.895 bits per heavy atom. The van der Waals surface area contributed by atoms with Crippen LogP contribution < -0.4 is 9.88 Å². The van der Waals surface area contributed by atoms with Crippen LogP contribution in [0.3, 0.4) is 0 Å². The minimum absolute atomic E-state index is 0.0270. The Morgan fingerprint density at radius 3 is 1.89 bits per heavy atom. The van der Waals surface area contributed by atoms with Crippen molar-refractivity contribution in [2.45, 2.75) is 4.90 Å². The predicted octanol–water partition coefficient (Wildman–Crippen LogP) is 2.40. The van der Waals surface area contributed by atoms with Crippen LogP contribution in [0.4, 0.5) is 8.78 Å². The van der Waals surface area contributed by atoms with Gasteiger partial charge in [-0.3, -0.25) is 0 Å². The number of primary sulfonamides is 1. The Balaban J connectivity index is 2.24. The summed E-state index contributed by atoms with van der Waals surface area (Å²) in [7, 11) is -3.78. The van der Waals surface area contributed by atoms with E-state index in [-0.39, 0.29) is 16.4 Å². The van der Waals surface area contributed by atoms with Crippen LogP contribution >= 0.6 is 0 Å². The monoisotopic (exact) mass is 285 g/mol. The smallest absolute Gasteiger partial charge is 0.238 e. The van der Waals surface area contributed by atoms with E-state index in [9.17, 15) is 17.2 Å². The molecule has 0 saturated carbocycles. The van der Waals surface area contributed by atoms with Crippen LogP contribution in [0.2, 0.25) is 0 Å². The number of ether oxygens (including phenoxy) is 1. The van der Waals surface area contributed by atoms with Gasteiger partial charge in [-0.2, -0.15) is 0 Å². The standard InChI is InChI=1S/C12H9F2NO3S/c13-8-5-9(14)7-11(6-8)18-10-1-3-12(4-2-10)19(15,16)17/h1-7H,(H2,15,16,17). The molecule has 0 radical (unpaired) electrons. The van der Waals surface area contributed by atoms with Crippen LogP contribution in [0.1, 0.15) is 0 Å². The number of halogens is 2. The summed E-state index contributed by atoms with van der Waals surface area (Å²) in [6, 6.07) is 7.88. The van der Waals surface area contributed by atoms with Crippen LogP contribution in [0, 0.1) is 11.6 Å². The molecule has 2 rings (SSSR count). The van der Waals surface area contributed by atoms with Crippen molar-refractivity contribution in [1.29, 1.82) is 0 Å². The fraction of sp³-hybridized carbons (Fsp3) is 0. The minimum atomic E-state index is -3.78. The van der Waals surface area contributed by atoms with Gasteiger partial charge in [-0.05, 0) is 24.3 Å². The van der Waals surface area contributed by atoms with Gasteiger partial charge in [0.2, 0.25) is 10.0 Å². The molecule has 2 N–H and O–H groups in total. The van der Waals surface area contributed by atoms with E-state index in [0.717, 1.165) is 18.2 Å². The van der Waals surface area contributed by atoms with E-state index < -0.39 is 21.7 Å². The quantitative estimate of drug-likeness (QED) is 0.941. The van der Waals surface area contributed by atoms with Crippen molar-refractivity contribution in [2.75, 3.05) is 0 Å². The van der Waals surface area contributed by atoms with Crippen LogP contribution in [0.25, 0.3) is 0 Å². The van der Waals surface area contributed by atoms with Gasteiger partial charge < -0.3 is 4.74 Å². The van der Waals surface area contributed by atoms with Gasteiger partial charge in [-0.15, -0.1) is 0 Å². The van der Waals surface area contributed by atoms with Gasteiger partial charge in [-0.1, -0.05) is 0 Å². The maximum Gasteiger partial charge on any atom is 0.238 e. The SMILES string of the molecule is NS(=O)(=O)c1ccc(Oc2cc(F)cc(F)c2)cc1. The number of hydrogen-bond acceptors (Lipinski definition) is 3. The van der Waals surface area contributed by atoms with E-state index >= 15 is 0 Å². The minimum Gasteiger partial charge on any atom is -0.457 e. The summed E-state index contributed by atoms with van der Waals surface area (Å²) >= 11 is 0. The molecule has 0 unspecified atom stereocenters. The number of rotatable bonds is 3. The van der Waals surface area contributed by atoms with Gasteiger partial charge in [0, 0.05) is 18.2 Å². The van der Waals surface area contributed by atoms with Crippen molar-refractivity contribution in [3.8, 4) is 11.5 Å². The lowest BCUT2D eigenvalue weighted by Gasteiger charge is -2.06. The number of sulfonamides is 1. The molecule has 2 aromatic carbocycles. The fourth-order valence-electron chi connectivity index (χ4n) is 1.42. The van der Waals surface area contributed by atoms with E-state index in [2.05, 4.69) is 0 Å².